The van der Waals surface area contributed by atoms with Gasteiger partial charge in [0.05, 0.1) is 13.3 Å². The van der Waals surface area contributed by atoms with E-state index in [4.69, 9.17) is 10.5 Å². The zero-order chi connectivity index (χ0) is 20.9. The third kappa shape index (κ3) is 4.28. The van der Waals surface area contributed by atoms with Gasteiger partial charge in [0.2, 0.25) is 5.95 Å². The molecule has 6 nitrogen and oxygen atoms in total. The van der Waals surface area contributed by atoms with Crippen LogP contribution in [0.2, 0.25) is 0 Å². The number of methoxy groups -OCH3 is 1. The van der Waals surface area contributed by atoms with E-state index in [0.717, 1.165) is 53.3 Å². The second-order valence-electron chi connectivity index (χ2n) is 7.30. The van der Waals surface area contributed by atoms with Crippen LogP contribution in [0, 0.1) is 0 Å². The first kappa shape index (κ1) is 19.9. The Hall–Kier alpha value is -3.38. The van der Waals surface area contributed by atoms with Crippen molar-refractivity contribution in [1.29, 1.82) is 0 Å². The van der Waals surface area contributed by atoms with Crippen molar-refractivity contribution in [3.63, 3.8) is 0 Å². The summed E-state index contributed by atoms with van der Waals surface area (Å²) in [5.74, 6) is 1.85. The van der Waals surface area contributed by atoms with Crippen LogP contribution >= 0.6 is 0 Å². The lowest BCUT2D eigenvalue weighted by molar-refractivity contribution is 0.271. The van der Waals surface area contributed by atoms with E-state index in [1.165, 1.54) is 0 Å². The number of nitrogens with zero attached hydrogens (tertiary/aromatic N) is 3. The first-order valence-electron chi connectivity index (χ1n) is 10.2. The first-order valence-corrected chi connectivity index (χ1v) is 10.2. The van der Waals surface area contributed by atoms with Gasteiger partial charge in [0.1, 0.15) is 11.6 Å². The van der Waals surface area contributed by atoms with Crippen molar-refractivity contribution in [1.82, 2.24) is 14.9 Å². The van der Waals surface area contributed by atoms with E-state index in [1.807, 2.05) is 24.3 Å². The van der Waals surface area contributed by atoms with Crippen LogP contribution in [-0.4, -0.2) is 41.2 Å². The van der Waals surface area contributed by atoms with Crippen LogP contribution in [0.4, 0.5) is 11.8 Å². The van der Waals surface area contributed by atoms with Gasteiger partial charge in [-0.15, -0.1) is 0 Å². The maximum atomic E-state index is 5.93. The molecule has 154 valence electrons. The summed E-state index contributed by atoms with van der Waals surface area (Å²) in [7, 11) is 1.68. The standard InChI is InChI=1S/C24H27N5O/c1-3-22(29-12-4-5-13-29)27-23-21(16-26-24(25)28-23)19-10-6-8-17(14-19)18-9-7-11-20(15-18)30-2/h4-11,14-16,22H,3,12-13H2,1-2H3,(H3,25,26,27,28). The molecule has 1 aliphatic rings. The van der Waals surface area contributed by atoms with Gasteiger partial charge in [-0.05, 0) is 41.3 Å². The minimum atomic E-state index is 0.176. The van der Waals surface area contributed by atoms with Crippen LogP contribution in [0.1, 0.15) is 13.3 Å². The molecule has 3 aromatic rings. The Bertz CT molecular complexity index is 1040. The van der Waals surface area contributed by atoms with Gasteiger partial charge in [0.15, 0.2) is 0 Å². The van der Waals surface area contributed by atoms with Crippen LogP contribution in [0.25, 0.3) is 22.3 Å². The quantitative estimate of drug-likeness (QED) is 0.571. The number of anilines is 2. The van der Waals surface area contributed by atoms with Gasteiger partial charge in [0, 0.05) is 24.8 Å². The molecule has 3 N–H and O–H groups in total. The van der Waals surface area contributed by atoms with Crippen LogP contribution in [0.15, 0.2) is 66.9 Å². The SMILES string of the molecule is CCC(Nc1nc(N)ncc1-c1cccc(-c2cccc(OC)c2)c1)N1CC=CC1. The van der Waals surface area contributed by atoms with E-state index in [1.54, 1.807) is 13.3 Å². The zero-order valence-electron chi connectivity index (χ0n) is 17.4. The Morgan fingerprint density at radius 2 is 1.77 bits per heavy atom. The number of nitrogen functional groups attached to an aromatic ring is 1. The van der Waals surface area contributed by atoms with Gasteiger partial charge in [0.25, 0.3) is 0 Å². The highest BCUT2D eigenvalue weighted by atomic mass is 16.5. The molecule has 0 fully saturated rings. The summed E-state index contributed by atoms with van der Waals surface area (Å²) in [5.41, 5.74) is 10.1. The highest BCUT2D eigenvalue weighted by Gasteiger charge is 2.20. The summed E-state index contributed by atoms with van der Waals surface area (Å²) in [5, 5.41) is 3.59. The van der Waals surface area contributed by atoms with Crippen LogP contribution in [0.5, 0.6) is 5.75 Å². The van der Waals surface area contributed by atoms with E-state index in [0.29, 0.717) is 0 Å². The molecular weight excluding hydrogens is 374 g/mol. The fourth-order valence-electron chi connectivity index (χ4n) is 3.74. The van der Waals surface area contributed by atoms with E-state index in [9.17, 15) is 0 Å². The highest BCUT2D eigenvalue weighted by molar-refractivity contribution is 5.79. The summed E-state index contributed by atoms with van der Waals surface area (Å²) in [6, 6.07) is 16.4. The number of hydrogen-bond acceptors (Lipinski definition) is 6. The van der Waals surface area contributed by atoms with Gasteiger partial charge >= 0.3 is 0 Å². The molecular formula is C24H27N5O. The van der Waals surface area contributed by atoms with Gasteiger partial charge in [-0.25, -0.2) is 4.98 Å². The van der Waals surface area contributed by atoms with Gasteiger partial charge in [-0.2, -0.15) is 4.98 Å². The molecule has 0 spiro atoms. The number of nitrogens with one attached hydrogen (secondary N) is 1. The molecule has 0 amide bonds. The van der Waals surface area contributed by atoms with E-state index in [2.05, 4.69) is 63.5 Å². The summed E-state index contributed by atoms with van der Waals surface area (Å²) in [4.78, 5) is 11.2. The second-order valence-corrected chi connectivity index (χ2v) is 7.30. The second kappa shape index (κ2) is 8.97. The first-order chi connectivity index (χ1) is 14.7. The maximum Gasteiger partial charge on any atom is 0.221 e. The van der Waals surface area contributed by atoms with Crippen molar-refractivity contribution in [3.05, 3.63) is 66.9 Å². The van der Waals surface area contributed by atoms with Crippen LogP contribution < -0.4 is 15.8 Å². The minimum absolute atomic E-state index is 0.176. The lowest BCUT2D eigenvalue weighted by atomic mass is 10.00. The molecule has 0 radical (unpaired) electrons. The fraction of sp³-hybridized carbons (Fsp3) is 0.250. The van der Waals surface area contributed by atoms with Crippen molar-refractivity contribution in [2.75, 3.05) is 31.2 Å². The topological polar surface area (TPSA) is 76.3 Å². The van der Waals surface area contributed by atoms with E-state index < -0.39 is 0 Å². The van der Waals surface area contributed by atoms with Crippen LogP contribution in [0.3, 0.4) is 0 Å². The molecule has 0 saturated carbocycles. The smallest absolute Gasteiger partial charge is 0.221 e. The molecule has 2 heterocycles. The van der Waals surface area contributed by atoms with Gasteiger partial charge in [-0.3, -0.25) is 4.90 Å². The third-order valence-electron chi connectivity index (χ3n) is 5.36. The molecule has 0 bridgehead atoms. The van der Waals surface area contributed by atoms with Crippen molar-refractivity contribution in [2.24, 2.45) is 0 Å². The maximum absolute atomic E-state index is 5.93. The molecule has 1 aromatic heterocycles. The number of hydrogen-bond donors (Lipinski definition) is 2. The average molecular weight is 402 g/mol. The van der Waals surface area contributed by atoms with Crippen molar-refractivity contribution < 1.29 is 4.74 Å². The highest BCUT2D eigenvalue weighted by Crippen LogP contribution is 2.32. The number of aromatic nitrogens is 2. The van der Waals surface area contributed by atoms with Crippen molar-refractivity contribution in [3.8, 4) is 28.0 Å². The average Bonchev–Trinajstić information content (AvgIpc) is 3.32. The monoisotopic (exact) mass is 401 g/mol. The Morgan fingerprint density at radius 1 is 1.07 bits per heavy atom. The molecule has 0 aliphatic carbocycles. The molecule has 4 rings (SSSR count). The molecule has 6 heteroatoms. The van der Waals surface area contributed by atoms with Crippen molar-refractivity contribution in [2.45, 2.75) is 19.5 Å². The third-order valence-corrected chi connectivity index (χ3v) is 5.36. The molecule has 1 unspecified atom stereocenters. The summed E-state index contributed by atoms with van der Waals surface area (Å²) < 4.78 is 5.37. The van der Waals surface area contributed by atoms with Crippen LogP contribution in [-0.2, 0) is 0 Å². The normalized spacial score (nSPS) is 14.6. The Balaban J connectivity index is 1.68. The fourth-order valence-corrected chi connectivity index (χ4v) is 3.74. The predicted molar refractivity (Wildman–Crippen MR) is 122 cm³/mol. The Kier molecular flexibility index (Phi) is 5.95. The Morgan fingerprint density at radius 3 is 2.50 bits per heavy atom. The summed E-state index contributed by atoms with van der Waals surface area (Å²) >= 11 is 0. The zero-order valence-corrected chi connectivity index (χ0v) is 17.4. The molecule has 0 saturated heterocycles. The molecule has 1 aliphatic heterocycles. The predicted octanol–water partition coefficient (Wildman–Crippen LogP) is 4.42. The van der Waals surface area contributed by atoms with E-state index in [-0.39, 0.29) is 12.1 Å². The summed E-state index contributed by atoms with van der Waals surface area (Å²) in [6.07, 6.45) is 7.31. The number of rotatable bonds is 7. The number of benzene rings is 2. The molecule has 1 atom stereocenters. The molecule has 2 aromatic carbocycles. The largest absolute Gasteiger partial charge is 0.497 e. The van der Waals surface area contributed by atoms with Gasteiger partial charge < -0.3 is 15.8 Å². The Labute approximate surface area is 177 Å². The lowest BCUT2D eigenvalue weighted by Crippen LogP contribution is -2.39. The number of ether oxygens (including phenoxy) is 1. The minimum Gasteiger partial charge on any atom is -0.497 e. The number of nitrogens with two attached hydrogens (primary N) is 1. The van der Waals surface area contributed by atoms with E-state index >= 15 is 0 Å². The summed E-state index contributed by atoms with van der Waals surface area (Å²) in [6.45, 7) is 4.04. The van der Waals surface area contributed by atoms with Crippen molar-refractivity contribution >= 4 is 11.8 Å². The molecule has 30 heavy (non-hydrogen) atoms. The van der Waals surface area contributed by atoms with Gasteiger partial charge in [-0.1, -0.05) is 49.4 Å². The lowest BCUT2D eigenvalue weighted by Gasteiger charge is -2.28.